The highest BCUT2D eigenvalue weighted by Gasteiger charge is 2.81. The summed E-state index contributed by atoms with van der Waals surface area (Å²) in [6.07, 6.45) is 0.393. The van der Waals surface area contributed by atoms with Crippen molar-refractivity contribution in [2.45, 2.75) is 95.0 Å². The van der Waals surface area contributed by atoms with Gasteiger partial charge in [-0.25, -0.2) is 12.7 Å². The second-order valence-corrected chi connectivity index (χ2v) is 19.2. The Morgan fingerprint density at radius 3 is 2.44 bits per heavy atom. The fourth-order valence-corrected chi connectivity index (χ4v) is 10.6. The minimum Gasteiger partial charge on any atom is -0.404 e. The summed E-state index contributed by atoms with van der Waals surface area (Å²) in [6, 6.07) is 9.23. The van der Waals surface area contributed by atoms with Crippen molar-refractivity contribution in [3.63, 3.8) is 0 Å². The van der Waals surface area contributed by atoms with Gasteiger partial charge in [0.2, 0.25) is 16.1 Å². The van der Waals surface area contributed by atoms with Gasteiger partial charge in [0.25, 0.3) is 5.91 Å². The number of rotatable bonds is 4. The number of hydrogen-bond acceptors (Lipinski definition) is 6. The fourth-order valence-electron chi connectivity index (χ4n) is 6.47. The first kappa shape index (κ1) is 24.0. The molecule has 186 valence electrons. The zero-order valence-corrected chi connectivity index (χ0v) is 23.0. The van der Waals surface area contributed by atoms with Gasteiger partial charge in [0.05, 0.1) is 6.04 Å². The van der Waals surface area contributed by atoms with Crippen molar-refractivity contribution >= 4 is 30.0 Å². The van der Waals surface area contributed by atoms with E-state index in [9.17, 15) is 13.2 Å². The first-order chi connectivity index (χ1) is 15.7. The van der Waals surface area contributed by atoms with Gasteiger partial charge in [-0.3, -0.25) is 4.79 Å². The van der Waals surface area contributed by atoms with Crippen LogP contribution in [0, 0.1) is 11.3 Å². The van der Waals surface area contributed by atoms with Crippen LogP contribution >= 0.6 is 0 Å². The number of carbonyl (C=O) groups is 1. The lowest BCUT2D eigenvalue weighted by atomic mass is 9.80. The van der Waals surface area contributed by atoms with Gasteiger partial charge < -0.3 is 9.26 Å². The summed E-state index contributed by atoms with van der Waals surface area (Å²) in [4.78, 5) is 19.6. The van der Waals surface area contributed by atoms with Gasteiger partial charge in [0.15, 0.2) is 8.32 Å². The van der Waals surface area contributed by atoms with Crippen LogP contribution in [0.3, 0.4) is 0 Å². The summed E-state index contributed by atoms with van der Waals surface area (Å²) in [7, 11) is -6.12. The molecule has 2 aliphatic heterocycles. The number of amides is 1. The van der Waals surface area contributed by atoms with Gasteiger partial charge in [-0.1, -0.05) is 70.1 Å². The van der Waals surface area contributed by atoms with Crippen LogP contribution in [0.5, 0.6) is 0 Å². The predicted molar refractivity (Wildman–Crippen MR) is 133 cm³/mol. The molecule has 1 aromatic carbocycles. The van der Waals surface area contributed by atoms with Crippen LogP contribution < -0.4 is 0 Å². The monoisotopic (exact) mass is 504 g/mol. The van der Waals surface area contributed by atoms with Gasteiger partial charge >= 0.3 is 0 Å². The van der Waals surface area contributed by atoms with E-state index < -0.39 is 41.2 Å². The molecular formula is C25H36N2O5SSi. The number of nitrogens with zero attached hydrogens (tertiary/aromatic N) is 2. The first-order valence-corrected chi connectivity index (χ1v) is 16.6. The highest BCUT2D eigenvalue weighted by molar-refractivity contribution is 7.92. The van der Waals surface area contributed by atoms with Gasteiger partial charge in [-0.2, -0.15) is 0 Å². The summed E-state index contributed by atoms with van der Waals surface area (Å²) in [6.45, 7) is 14.7. The Hall–Kier alpha value is -1.71. The van der Waals surface area contributed by atoms with Crippen molar-refractivity contribution in [3.05, 3.63) is 35.9 Å². The SMILES string of the molecule is CC1(C)[C@@H]2CC[C@@]13[C@@H](C2)N(C(=O)[C@@H]1ON=C(c2ccccc2)[C@H]1O[Si](C)(C)C(C)(C)C)S3(=O)=O. The maximum atomic E-state index is 13.9. The Kier molecular flexibility index (Phi) is 5.06. The predicted octanol–water partition coefficient (Wildman–Crippen LogP) is 4.30. The molecule has 1 saturated heterocycles. The van der Waals surface area contributed by atoms with Crippen molar-refractivity contribution in [2.24, 2.45) is 16.5 Å². The molecule has 2 aliphatic carbocycles. The number of benzene rings is 1. The van der Waals surface area contributed by atoms with E-state index in [0.29, 0.717) is 18.1 Å². The molecule has 9 heteroatoms. The van der Waals surface area contributed by atoms with E-state index in [1.54, 1.807) is 0 Å². The molecule has 2 bridgehead atoms. The lowest BCUT2D eigenvalue weighted by molar-refractivity contribution is -0.145. The molecule has 34 heavy (non-hydrogen) atoms. The quantitative estimate of drug-likeness (QED) is 0.571. The Morgan fingerprint density at radius 1 is 1.21 bits per heavy atom. The van der Waals surface area contributed by atoms with Crippen molar-refractivity contribution in [1.82, 2.24) is 4.31 Å². The van der Waals surface area contributed by atoms with Crippen LogP contribution in [-0.4, -0.2) is 55.7 Å². The van der Waals surface area contributed by atoms with Gasteiger partial charge in [-0.15, -0.1) is 0 Å². The molecule has 7 nitrogen and oxygen atoms in total. The Bertz CT molecular complexity index is 1160. The molecule has 2 heterocycles. The summed E-state index contributed by atoms with van der Waals surface area (Å²) in [5, 5.41) is 4.17. The van der Waals surface area contributed by atoms with Gasteiger partial charge in [0, 0.05) is 5.56 Å². The van der Waals surface area contributed by atoms with E-state index >= 15 is 0 Å². The third-order valence-corrected chi connectivity index (χ3v) is 16.9. The number of oxime groups is 1. The highest BCUT2D eigenvalue weighted by atomic mass is 32.2. The summed E-state index contributed by atoms with van der Waals surface area (Å²) in [5.74, 6) is -0.234. The largest absolute Gasteiger partial charge is 0.404 e. The summed E-state index contributed by atoms with van der Waals surface area (Å²) in [5.41, 5.74) is 1.03. The zero-order valence-electron chi connectivity index (χ0n) is 21.2. The molecule has 0 aromatic heterocycles. The first-order valence-electron chi connectivity index (χ1n) is 12.2. The van der Waals surface area contributed by atoms with Crippen LogP contribution in [0.25, 0.3) is 0 Å². The molecule has 1 spiro atoms. The number of fused-ring (bicyclic) bond motifs is 1. The van der Waals surface area contributed by atoms with Crippen LogP contribution in [0.15, 0.2) is 35.5 Å². The topological polar surface area (TPSA) is 85.3 Å². The van der Waals surface area contributed by atoms with Crippen LogP contribution in [0.4, 0.5) is 0 Å². The van der Waals surface area contributed by atoms with E-state index in [2.05, 4.69) is 52.9 Å². The van der Waals surface area contributed by atoms with Crippen LogP contribution in [-0.2, 0) is 24.1 Å². The lowest BCUT2D eigenvalue weighted by Gasteiger charge is -2.56. The molecule has 1 amide bonds. The standard InChI is InChI=1S/C25H36N2O5SSi/c1-23(2,3)34(6,7)32-20-19(16-11-9-8-10-12-16)26-31-21(20)22(28)27-18-15-17-13-14-25(18,24(17,4)5)33(27,29)30/h8-12,17-18,20-21H,13-15H2,1-7H3/t17-,18-,20-,21-,25-/m1/s1. The average Bonchev–Trinajstić information content (AvgIpc) is 3.33. The lowest BCUT2D eigenvalue weighted by Crippen LogP contribution is -2.76. The van der Waals surface area contributed by atoms with Gasteiger partial charge in [-0.05, 0) is 48.7 Å². The van der Waals surface area contributed by atoms with E-state index in [0.717, 1.165) is 22.7 Å². The number of carbonyl (C=O) groups excluding carboxylic acids is 1. The average molecular weight is 505 g/mol. The molecular weight excluding hydrogens is 468 g/mol. The number of hydrogen-bond donors (Lipinski definition) is 0. The molecule has 4 aliphatic rings. The van der Waals surface area contributed by atoms with Crippen LogP contribution in [0.1, 0.15) is 59.4 Å². The molecule has 2 saturated carbocycles. The third kappa shape index (κ3) is 2.86. The molecule has 0 N–H and O–H groups in total. The maximum Gasteiger partial charge on any atom is 0.283 e. The van der Waals surface area contributed by atoms with Crippen molar-refractivity contribution in [1.29, 1.82) is 0 Å². The Morgan fingerprint density at radius 2 is 1.85 bits per heavy atom. The zero-order chi connectivity index (χ0) is 24.9. The third-order valence-electron chi connectivity index (χ3n) is 9.59. The van der Waals surface area contributed by atoms with Crippen molar-refractivity contribution in [2.75, 3.05) is 0 Å². The van der Waals surface area contributed by atoms with Crippen LogP contribution in [0.2, 0.25) is 18.1 Å². The number of sulfonamides is 1. The van der Waals surface area contributed by atoms with Crippen molar-refractivity contribution in [3.8, 4) is 0 Å². The normalized spacial score (nSPS) is 35.4. The molecule has 5 rings (SSSR count). The van der Waals surface area contributed by atoms with Crippen molar-refractivity contribution < 1.29 is 22.5 Å². The fraction of sp³-hybridized carbons (Fsp3) is 0.680. The molecule has 0 radical (unpaired) electrons. The molecule has 1 aromatic rings. The van der Waals surface area contributed by atoms with E-state index in [4.69, 9.17) is 9.26 Å². The highest BCUT2D eigenvalue weighted by Crippen LogP contribution is 2.70. The summed E-state index contributed by atoms with van der Waals surface area (Å²) >= 11 is 0. The smallest absolute Gasteiger partial charge is 0.283 e. The van der Waals surface area contributed by atoms with E-state index in [1.807, 2.05) is 30.3 Å². The molecule has 0 unspecified atom stereocenters. The minimum absolute atomic E-state index is 0.105. The Balaban J connectivity index is 1.49. The van der Waals surface area contributed by atoms with Gasteiger partial charge in [0.1, 0.15) is 16.6 Å². The maximum absolute atomic E-state index is 13.9. The summed E-state index contributed by atoms with van der Waals surface area (Å²) < 4.78 is 34.4. The second kappa shape index (κ2) is 7.17. The minimum atomic E-state index is -3.78. The van der Waals surface area contributed by atoms with E-state index in [-0.39, 0.29) is 16.5 Å². The Labute approximate surface area is 204 Å². The second-order valence-electron chi connectivity index (χ2n) is 12.4. The molecule has 3 fully saturated rings. The molecule has 5 atom stereocenters. The van der Waals surface area contributed by atoms with E-state index in [1.165, 1.54) is 0 Å².